The lowest BCUT2D eigenvalue weighted by Crippen LogP contribution is -2.50. The van der Waals surface area contributed by atoms with Crippen LogP contribution in [-0.4, -0.2) is 43.8 Å². The summed E-state index contributed by atoms with van der Waals surface area (Å²) in [6.45, 7) is 4.32. The highest BCUT2D eigenvalue weighted by atomic mass is 32.2. The van der Waals surface area contributed by atoms with Crippen molar-refractivity contribution in [2.24, 2.45) is 0 Å². The minimum absolute atomic E-state index is 0.133. The van der Waals surface area contributed by atoms with Crippen molar-refractivity contribution in [2.75, 3.05) is 10.8 Å². The molecule has 0 aromatic heterocycles. The SMILES string of the molecule is Cc1ccc(CN(C(=O)CCCN2c3cccc4cccc(c34)S2(=O)=O)[C@H](C)C(=O)NC2CCCCC2)cc1. The van der Waals surface area contributed by atoms with Crippen LogP contribution in [0.25, 0.3) is 10.8 Å². The van der Waals surface area contributed by atoms with E-state index in [0.717, 1.165) is 47.6 Å². The molecule has 3 aromatic rings. The van der Waals surface area contributed by atoms with Gasteiger partial charge in [-0.25, -0.2) is 8.42 Å². The van der Waals surface area contributed by atoms with Crippen molar-refractivity contribution < 1.29 is 18.0 Å². The van der Waals surface area contributed by atoms with Crippen molar-refractivity contribution in [3.05, 3.63) is 71.8 Å². The third-order valence-electron chi connectivity index (χ3n) is 8.03. The second-order valence-corrected chi connectivity index (χ2v) is 12.7. The summed E-state index contributed by atoms with van der Waals surface area (Å²) < 4.78 is 28.0. The average Bonchev–Trinajstić information content (AvgIpc) is 3.16. The first-order valence-corrected chi connectivity index (χ1v) is 15.4. The predicted octanol–water partition coefficient (Wildman–Crippen LogP) is 5.30. The van der Waals surface area contributed by atoms with Crippen molar-refractivity contribution in [3.63, 3.8) is 0 Å². The third-order valence-corrected chi connectivity index (χ3v) is 9.88. The zero-order valence-electron chi connectivity index (χ0n) is 22.7. The van der Waals surface area contributed by atoms with Gasteiger partial charge in [-0.2, -0.15) is 0 Å². The molecule has 1 N–H and O–H groups in total. The van der Waals surface area contributed by atoms with Gasteiger partial charge in [-0.1, -0.05) is 73.4 Å². The lowest BCUT2D eigenvalue weighted by atomic mass is 9.95. The maximum Gasteiger partial charge on any atom is 0.265 e. The minimum Gasteiger partial charge on any atom is -0.352 e. The van der Waals surface area contributed by atoms with Crippen molar-refractivity contribution in [3.8, 4) is 0 Å². The number of rotatable bonds is 9. The molecule has 206 valence electrons. The molecule has 5 rings (SSSR count). The quantitative estimate of drug-likeness (QED) is 0.394. The second kappa shape index (κ2) is 11.4. The number of anilines is 1. The highest BCUT2D eigenvalue weighted by molar-refractivity contribution is 7.93. The maximum absolute atomic E-state index is 13.6. The Morgan fingerprint density at radius 2 is 1.69 bits per heavy atom. The molecule has 1 fully saturated rings. The fourth-order valence-corrected chi connectivity index (χ4v) is 7.51. The van der Waals surface area contributed by atoms with Crippen molar-refractivity contribution >= 4 is 38.3 Å². The molecule has 2 amide bonds. The van der Waals surface area contributed by atoms with Crippen LogP contribution in [0.2, 0.25) is 0 Å². The maximum atomic E-state index is 13.6. The van der Waals surface area contributed by atoms with Crippen LogP contribution in [0.5, 0.6) is 0 Å². The first-order chi connectivity index (χ1) is 18.8. The van der Waals surface area contributed by atoms with Crippen LogP contribution in [0.15, 0.2) is 65.6 Å². The fourth-order valence-electron chi connectivity index (χ4n) is 5.76. The number of carbonyl (C=O) groups excluding carboxylic acids is 2. The van der Waals surface area contributed by atoms with Crippen LogP contribution in [0.1, 0.15) is 63.0 Å². The molecular weight excluding hydrogens is 510 g/mol. The van der Waals surface area contributed by atoms with Gasteiger partial charge in [-0.15, -0.1) is 0 Å². The summed E-state index contributed by atoms with van der Waals surface area (Å²) in [6, 6.07) is 18.4. The number of benzene rings is 3. The van der Waals surface area contributed by atoms with Crippen LogP contribution < -0.4 is 9.62 Å². The lowest BCUT2D eigenvalue weighted by molar-refractivity contribution is -0.141. The molecule has 0 radical (unpaired) electrons. The van der Waals surface area contributed by atoms with E-state index in [9.17, 15) is 18.0 Å². The van der Waals surface area contributed by atoms with Crippen LogP contribution in [0.4, 0.5) is 5.69 Å². The number of aryl methyl sites for hydroxylation is 1. The largest absolute Gasteiger partial charge is 0.352 e. The summed E-state index contributed by atoms with van der Waals surface area (Å²) in [5.74, 6) is -0.291. The van der Waals surface area contributed by atoms with E-state index >= 15 is 0 Å². The zero-order chi connectivity index (χ0) is 27.6. The van der Waals surface area contributed by atoms with Gasteiger partial charge in [-0.05, 0) is 56.2 Å². The fraction of sp³-hybridized carbons (Fsp3) is 0.419. The topological polar surface area (TPSA) is 86.8 Å². The van der Waals surface area contributed by atoms with Gasteiger partial charge in [-0.3, -0.25) is 13.9 Å². The Kier molecular flexibility index (Phi) is 7.93. The Morgan fingerprint density at radius 1 is 1.00 bits per heavy atom. The van der Waals surface area contributed by atoms with E-state index in [1.165, 1.54) is 10.7 Å². The molecule has 1 aliphatic carbocycles. The molecule has 1 heterocycles. The number of sulfonamides is 1. The van der Waals surface area contributed by atoms with E-state index in [4.69, 9.17) is 0 Å². The standard InChI is InChI=1S/C31H37N3O4S/c1-22-16-18-24(19-17-22)21-33(23(2)31(36)32-26-11-4-3-5-12-26)29(35)15-8-20-34-27-13-6-9-25-10-7-14-28(30(25)27)39(34,37)38/h6-7,9-10,13-14,16-19,23,26H,3-5,8,11-12,15,20-21H2,1-2H3,(H,32,36)/t23-/m1/s1. The Hall–Kier alpha value is -3.39. The zero-order valence-corrected chi connectivity index (χ0v) is 23.5. The Labute approximate surface area is 231 Å². The molecule has 3 aromatic carbocycles. The molecule has 0 spiro atoms. The van der Waals surface area contributed by atoms with Crippen molar-refractivity contribution in [1.82, 2.24) is 10.2 Å². The molecule has 1 atom stereocenters. The van der Waals surface area contributed by atoms with E-state index in [0.29, 0.717) is 23.5 Å². The van der Waals surface area contributed by atoms with E-state index in [2.05, 4.69) is 5.32 Å². The van der Waals surface area contributed by atoms with Gasteiger partial charge in [0.25, 0.3) is 10.0 Å². The second-order valence-electron chi connectivity index (χ2n) is 10.8. The van der Waals surface area contributed by atoms with Gasteiger partial charge in [0.05, 0.1) is 10.6 Å². The summed E-state index contributed by atoms with van der Waals surface area (Å²) in [5, 5.41) is 4.78. The lowest BCUT2D eigenvalue weighted by Gasteiger charge is -2.31. The Balaban J connectivity index is 1.29. The Bertz CT molecular complexity index is 1460. The van der Waals surface area contributed by atoms with Crippen LogP contribution in [0, 0.1) is 6.92 Å². The molecule has 8 heteroatoms. The van der Waals surface area contributed by atoms with Gasteiger partial charge in [0.2, 0.25) is 11.8 Å². The van der Waals surface area contributed by atoms with Gasteiger partial charge < -0.3 is 10.2 Å². The van der Waals surface area contributed by atoms with E-state index in [-0.39, 0.29) is 30.8 Å². The van der Waals surface area contributed by atoms with E-state index < -0.39 is 16.1 Å². The summed E-state index contributed by atoms with van der Waals surface area (Å²) in [4.78, 5) is 28.7. The molecule has 0 saturated heterocycles. The number of nitrogens with zero attached hydrogens (tertiary/aromatic N) is 2. The molecule has 1 aliphatic heterocycles. The van der Waals surface area contributed by atoms with Crippen molar-refractivity contribution in [2.45, 2.75) is 82.3 Å². The first-order valence-electron chi connectivity index (χ1n) is 14.0. The predicted molar refractivity (Wildman–Crippen MR) is 154 cm³/mol. The number of nitrogens with one attached hydrogen (secondary N) is 1. The van der Waals surface area contributed by atoms with E-state index in [1.807, 2.05) is 55.5 Å². The van der Waals surface area contributed by atoms with Gasteiger partial charge >= 0.3 is 0 Å². The molecule has 39 heavy (non-hydrogen) atoms. The van der Waals surface area contributed by atoms with Crippen LogP contribution in [0.3, 0.4) is 0 Å². The number of hydrogen-bond acceptors (Lipinski definition) is 4. The van der Waals surface area contributed by atoms with Gasteiger partial charge in [0, 0.05) is 30.9 Å². The number of amides is 2. The number of carbonyl (C=O) groups is 2. The average molecular weight is 548 g/mol. The molecule has 0 bridgehead atoms. The monoisotopic (exact) mass is 547 g/mol. The summed E-state index contributed by atoms with van der Waals surface area (Å²) in [5.41, 5.74) is 2.74. The third kappa shape index (κ3) is 5.66. The van der Waals surface area contributed by atoms with Crippen LogP contribution >= 0.6 is 0 Å². The van der Waals surface area contributed by atoms with Crippen molar-refractivity contribution in [1.29, 1.82) is 0 Å². The van der Waals surface area contributed by atoms with Gasteiger partial charge in [0.15, 0.2) is 0 Å². The molecule has 2 aliphatic rings. The van der Waals surface area contributed by atoms with Crippen LogP contribution in [-0.2, 0) is 26.2 Å². The number of hydrogen-bond donors (Lipinski definition) is 1. The summed E-state index contributed by atoms with van der Waals surface area (Å²) in [7, 11) is -3.67. The molecule has 0 unspecified atom stereocenters. The first kappa shape index (κ1) is 27.2. The van der Waals surface area contributed by atoms with E-state index in [1.54, 1.807) is 24.0 Å². The smallest absolute Gasteiger partial charge is 0.265 e. The molecule has 1 saturated carbocycles. The normalized spacial score (nSPS) is 17.2. The summed E-state index contributed by atoms with van der Waals surface area (Å²) >= 11 is 0. The van der Waals surface area contributed by atoms with Gasteiger partial charge in [0.1, 0.15) is 6.04 Å². The molecule has 7 nitrogen and oxygen atoms in total. The molecular formula is C31H37N3O4S. The highest BCUT2D eigenvalue weighted by Gasteiger charge is 2.35. The summed E-state index contributed by atoms with van der Waals surface area (Å²) in [6.07, 6.45) is 5.87. The highest BCUT2D eigenvalue weighted by Crippen LogP contribution is 2.42. The Morgan fingerprint density at radius 3 is 2.41 bits per heavy atom. The minimum atomic E-state index is -3.67.